The van der Waals surface area contributed by atoms with Crippen LogP contribution in [-0.4, -0.2) is 6.29 Å². The van der Waals surface area contributed by atoms with E-state index in [0.717, 1.165) is 10.0 Å². The van der Waals surface area contributed by atoms with Gasteiger partial charge in [-0.3, -0.25) is 4.79 Å². The lowest BCUT2D eigenvalue weighted by Crippen LogP contribution is -1.96. The molecule has 0 aromatic heterocycles. The first-order chi connectivity index (χ1) is 5.57. The van der Waals surface area contributed by atoms with E-state index in [4.69, 9.17) is 17.3 Å². The predicted octanol–water partition coefficient (Wildman–Crippen LogP) is 2.81. The van der Waals surface area contributed by atoms with E-state index in [1.54, 1.807) is 6.07 Å². The molecule has 2 N–H and O–H groups in total. The van der Waals surface area contributed by atoms with Crippen LogP contribution in [0.25, 0.3) is 0 Å². The summed E-state index contributed by atoms with van der Waals surface area (Å²) in [5, 5.41) is 0.400. The van der Waals surface area contributed by atoms with Crippen molar-refractivity contribution in [2.24, 2.45) is 0 Å². The van der Waals surface area contributed by atoms with Crippen molar-refractivity contribution in [2.75, 3.05) is 5.73 Å². The molecule has 0 fully saturated rings. The fourth-order valence-corrected chi connectivity index (χ4v) is 1.48. The monoisotopic (exact) mass is 247 g/mol. The molecule has 2 nitrogen and oxygen atoms in total. The number of carbonyl (C=O) groups excluding carboxylic acids is 1. The smallest absolute Gasteiger partial charge is 0.152 e. The van der Waals surface area contributed by atoms with Crippen molar-refractivity contribution in [3.8, 4) is 0 Å². The van der Waals surface area contributed by atoms with Crippen LogP contribution in [-0.2, 0) is 0 Å². The van der Waals surface area contributed by atoms with E-state index < -0.39 is 0 Å². The lowest BCUT2D eigenvalue weighted by Gasteiger charge is -2.06. The Hall–Kier alpha value is -0.540. The minimum Gasteiger partial charge on any atom is -0.397 e. The number of hydrogen-bond acceptors (Lipinski definition) is 2. The van der Waals surface area contributed by atoms with E-state index in [2.05, 4.69) is 15.9 Å². The summed E-state index contributed by atoms with van der Waals surface area (Å²) in [6, 6.07) is 1.69. The topological polar surface area (TPSA) is 43.1 Å². The number of rotatable bonds is 1. The van der Waals surface area contributed by atoms with E-state index in [0.29, 0.717) is 22.6 Å². The van der Waals surface area contributed by atoms with Crippen LogP contribution in [0.1, 0.15) is 15.9 Å². The molecule has 0 heterocycles. The zero-order chi connectivity index (χ0) is 9.30. The molecule has 0 unspecified atom stereocenters. The summed E-state index contributed by atoms with van der Waals surface area (Å²) in [6.07, 6.45) is 0.695. The largest absolute Gasteiger partial charge is 0.397 e. The molecule has 64 valence electrons. The molecule has 1 aromatic rings. The fraction of sp³-hybridized carbons (Fsp3) is 0.125. The second kappa shape index (κ2) is 3.46. The Morgan fingerprint density at radius 1 is 1.67 bits per heavy atom. The van der Waals surface area contributed by atoms with Crippen LogP contribution < -0.4 is 5.73 Å². The highest BCUT2D eigenvalue weighted by molar-refractivity contribution is 9.10. The molecule has 1 rings (SSSR count). The molecule has 0 atom stereocenters. The van der Waals surface area contributed by atoms with E-state index in [1.165, 1.54) is 0 Å². The van der Waals surface area contributed by atoms with Gasteiger partial charge in [0.25, 0.3) is 0 Å². The number of nitrogen functional groups attached to an aromatic ring is 1. The summed E-state index contributed by atoms with van der Waals surface area (Å²) in [6.45, 7) is 1.85. The summed E-state index contributed by atoms with van der Waals surface area (Å²) in [5.41, 5.74) is 7.22. The number of halogens is 2. The number of hydrogen-bond donors (Lipinski definition) is 1. The van der Waals surface area contributed by atoms with Crippen molar-refractivity contribution in [1.29, 1.82) is 0 Å². The van der Waals surface area contributed by atoms with Crippen molar-refractivity contribution in [2.45, 2.75) is 6.92 Å². The summed E-state index contributed by atoms with van der Waals surface area (Å²) in [4.78, 5) is 10.5. The van der Waals surface area contributed by atoms with Gasteiger partial charge in [0.15, 0.2) is 6.29 Å². The Bertz CT molecular complexity index is 338. The molecule has 0 aliphatic rings. The van der Waals surface area contributed by atoms with Crippen LogP contribution in [0.2, 0.25) is 5.02 Å². The molecule has 4 heteroatoms. The number of aryl methyl sites for hydroxylation is 1. The van der Waals surface area contributed by atoms with E-state index in [9.17, 15) is 4.79 Å². The Balaban J connectivity index is 3.49. The third-order valence-electron chi connectivity index (χ3n) is 1.59. The number of benzene rings is 1. The van der Waals surface area contributed by atoms with Crippen molar-refractivity contribution < 1.29 is 4.79 Å². The van der Waals surface area contributed by atoms with Crippen LogP contribution in [0.3, 0.4) is 0 Å². The molecular weight excluding hydrogens is 241 g/mol. The first kappa shape index (κ1) is 9.55. The molecule has 0 saturated carbocycles. The Morgan fingerprint density at radius 3 is 2.75 bits per heavy atom. The van der Waals surface area contributed by atoms with Crippen molar-refractivity contribution in [3.05, 3.63) is 26.7 Å². The molecule has 0 aliphatic carbocycles. The minimum absolute atomic E-state index is 0.323. The standard InChI is InChI=1S/C8H7BrClNO/c1-4-2-5(3-12)8(11)7(10)6(4)9/h2-3H,11H2,1H3. The Morgan fingerprint density at radius 2 is 2.25 bits per heavy atom. The number of aldehydes is 1. The Labute approximate surface area is 83.8 Å². The Kier molecular flexibility index (Phi) is 2.75. The van der Waals surface area contributed by atoms with Gasteiger partial charge < -0.3 is 5.73 Å². The quantitative estimate of drug-likeness (QED) is 0.613. The van der Waals surface area contributed by atoms with Crippen LogP contribution in [0.5, 0.6) is 0 Å². The molecule has 0 amide bonds. The van der Waals surface area contributed by atoms with Crippen LogP contribution >= 0.6 is 27.5 Å². The van der Waals surface area contributed by atoms with E-state index >= 15 is 0 Å². The molecule has 0 bridgehead atoms. The van der Waals surface area contributed by atoms with Crippen molar-refractivity contribution in [3.63, 3.8) is 0 Å². The van der Waals surface area contributed by atoms with Gasteiger partial charge in [0.1, 0.15) is 0 Å². The average Bonchev–Trinajstić information content (AvgIpc) is 2.08. The van der Waals surface area contributed by atoms with Gasteiger partial charge in [0.2, 0.25) is 0 Å². The minimum atomic E-state index is 0.323. The number of nitrogens with two attached hydrogens (primary N) is 1. The average molecular weight is 249 g/mol. The van der Waals surface area contributed by atoms with Gasteiger partial charge in [0.05, 0.1) is 10.7 Å². The normalized spacial score (nSPS) is 9.92. The lowest BCUT2D eigenvalue weighted by atomic mass is 10.1. The highest BCUT2D eigenvalue weighted by Gasteiger charge is 2.09. The summed E-state index contributed by atoms with van der Waals surface area (Å²) in [7, 11) is 0. The highest BCUT2D eigenvalue weighted by atomic mass is 79.9. The molecule has 0 aliphatic heterocycles. The van der Waals surface area contributed by atoms with Gasteiger partial charge >= 0.3 is 0 Å². The van der Waals surface area contributed by atoms with E-state index in [1.807, 2.05) is 6.92 Å². The maximum atomic E-state index is 10.5. The fourth-order valence-electron chi connectivity index (χ4n) is 0.890. The maximum absolute atomic E-state index is 10.5. The van der Waals surface area contributed by atoms with E-state index in [-0.39, 0.29) is 0 Å². The third-order valence-corrected chi connectivity index (χ3v) is 3.23. The molecule has 0 radical (unpaired) electrons. The molecular formula is C8H7BrClNO. The van der Waals surface area contributed by atoms with Gasteiger partial charge in [-0.05, 0) is 34.5 Å². The van der Waals surface area contributed by atoms with Gasteiger partial charge in [0, 0.05) is 10.0 Å². The van der Waals surface area contributed by atoms with Crippen LogP contribution in [0.4, 0.5) is 5.69 Å². The predicted molar refractivity (Wildman–Crippen MR) is 53.7 cm³/mol. The summed E-state index contributed by atoms with van der Waals surface area (Å²) in [5.74, 6) is 0. The lowest BCUT2D eigenvalue weighted by molar-refractivity contribution is 0.112. The molecule has 12 heavy (non-hydrogen) atoms. The second-order valence-corrected chi connectivity index (χ2v) is 3.61. The van der Waals surface area contributed by atoms with Crippen molar-refractivity contribution >= 4 is 39.5 Å². The van der Waals surface area contributed by atoms with Gasteiger partial charge in [-0.25, -0.2) is 0 Å². The molecule has 1 aromatic carbocycles. The van der Waals surface area contributed by atoms with Gasteiger partial charge in [-0.15, -0.1) is 0 Å². The maximum Gasteiger partial charge on any atom is 0.152 e. The zero-order valence-corrected chi connectivity index (χ0v) is 8.74. The summed E-state index contributed by atoms with van der Waals surface area (Å²) < 4.78 is 0.743. The first-order valence-corrected chi connectivity index (χ1v) is 4.44. The first-order valence-electron chi connectivity index (χ1n) is 3.27. The zero-order valence-electron chi connectivity index (χ0n) is 6.40. The van der Waals surface area contributed by atoms with Gasteiger partial charge in [-0.2, -0.15) is 0 Å². The number of carbonyl (C=O) groups is 1. The van der Waals surface area contributed by atoms with Crippen LogP contribution in [0, 0.1) is 6.92 Å². The van der Waals surface area contributed by atoms with Gasteiger partial charge in [-0.1, -0.05) is 11.6 Å². The number of anilines is 1. The molecule has 0 spiro atoms. The summed E-state index contributed by atoms with van der Waals surface area (Å²) >= 11 is 9.10. The van der Waals surface area contributed by atoms with Crippen LogP contribution in [0.15, 0.2) is 10.5 Å². The second-order valence-electron chi connectivity index (χ2n) is 2.44. The highest BCUT2D eigenvalue weighted by Crippen LogP contribution is 2.33. The SMILES string of the molecule is Cc1cc(C=O)c(N)c(Cl)c1Br. The third kappa shape index (κ3) is 1.47. The molecule has 0 saturated heterocycles. The van der Waals surface area contributed by atoms with Crippen molar-refractivity contribution in [1.82, 2.24) is 0 Å².